The molecule has 0 aliphatic heterocycles. The summed E-state index contributed by atoms with van der Waals surface area (Å²) in [5.74, 6) is 0.209. The molecule has 0 amide bonds. The molecule has 0 spiro atoms. The third kappa shape index (κ3) is 3.05. The molecule has 0 atom stereocenters. The Morgan fingerprint density at radius 1 is 1.15 bits per heavy atom. The lowest BCUT2D eigenvalue weighted by Gasteiger charge is -2.09. The normalized spacial score (nSPS) is 10.8. The van der Waals surface area contributed by atoms with Gasteiger partial charge < -0.3 is 4.98 Å². The smallest absolute Gasteiger partial charge is 0.261 e. The van der Waals surface area contributed by atoms with Crippen molar-refractivity contribution in [2.75, 3.05) is 0 Å². The van der Waals surface area contributed by atoms with E-state index in [-0.39, 0.29) is 11.4 Å². The maximum atomic E-state index is 13.4. The summed E-state index contributed by atoms with van der Waals surface area (Å²) in [7, 11) is 1.69. The van der Waals surface area contributed by atoms with Gasteiger partial charge in [-0.15, -0.1) is 0 Å². The topological polar surface area (TPSA) is 50.7 Å². The number of H-pyrrole nitrogens is 1. The highest BCUT2D eigenvalue weighted by molar-refractivity contribution is 9.10. The Bertz CT molecular complexity index is 1180. The number of benzene rings is 2. The molecule has 134 valence electrons. The van der Waals surface area contributed by atoms with E-state index in [9.17, 15) is 9.18 Å². The fourth-order valence-electron chi connectivity index (χ4n) is 2.93. The zero-order valence-corrected chi connectivity index (χ0v) is 16.6. The number of halogens is 2. The standard InChI is InChI=1S/C18H13BrFN3O.C2H6/c1-9-5-12-16(13(19)6-9)22-17(23(2)18(12)24)15-8-10-7-11(20)3-4-14(10)21-15;1-2/h3-8,21H,1-2H3;1-2H3. The van der Waals surface area contributed by atoms with Crippen molar-refractivity contribution in [2.24, 2.45) is 7.05 Å². The Morgan fingerprint density at radius 2 is 1.88 bits per heavy atom. The van der Waals surface area contributed by atoms with E-state index >= 15 is 0 Å². The van der Waals surface area contributed by atoms with Crippen LogP contribution in [-0.2, 0) is 7.05 Å². The average molecular weight is 416 g/mol. The lowest BCUT2D eigenvalue weighted by Crippen LogP contribution is -2.20. The van der Waals surface area contributed by atoms with Gasteiger partial charge in [-0.05, 0) is 64.8 Å². The van der Waals surface area contributed by atoms with Gasteiger partial charge in [-0.1, -0.05) is 13.8 Å². The monoisotopic (exact) mass is 415 g/mol. The van der Waals surface area contributed by atoms with Crippen LogP contribution in [0.5, 0.6) is 0 Å². The summed E-state index contributed by atoms with van der Waals surface area (Å²) in [6, 6.07) is 10.1. The maximum Gasteiger partial charge on any atom is 0.261 e. The summed E-state index contributed by atoms with van der Waals surface area (Å²) in [5.41, 5.74) is 2.95. The number of aromatic nitrogens is 3. The fraction of sp³-hybridized carbons (Fsp3) is 0.200. The predicted molar refractivity (Wildman–Crippen MR) is 108 cm³/mol. The van der Waals surface area contributed by atoms with E-state index in [0.29, 0.717) is 22.4 Å². The highest BCUT2D eigenvalue weighted by Crippen LogP contribution is 2.27. The quantitative estimate of drug-likeness (QED) is 0.457. The molecule has 2 heterocycles. The van der Waals surface area contributed by atoms with Gasteiger partial charge in [0.25, 0.3) is 5.56 Å². The average Bonchev–Trinajstić information content (AvgIpc) is 3.03. The molecule has 1 N–H and O–H groups in total. The van der Waals surface area contributed by atoms with Gasteiger partial charge in [0.1, 0.15) is 5.82 Å². The van der Waals surface area contributed by atoms with Gasteiger partial charge in [0.2, 0.25) is 0 Å². The van der Waals surface area contributed by atoms with Crippen LogP contribution < -0.4 is 5.56 Å². The number of nitrogens with zero attached hydrogens (tertiary/aromatic N) is 2. The van der Waals surface area contributed by atoms with Crippen molar-refractivity contribution in [1.29, 1.82) is 0 Å². The molecular formula is C20H19BrFN3O. The van der Waals surface area contributed by atoms with E-state index in [2.05, 4.69) is 25.9 Å². The lowest BCUT2D eigenvalue weighted by molar-refractivity contribution is 0.630. The van der Waals surface area contributed by atoms with E-state index in [1.807, 2.05) is 32.9 Å². The molecule has 4 nitrogen and oxygen atoms in total. The van der Waals surface area contributed by atoms with Gasteiger partial charge in [0, 0.05) is 22.4 Å². The first-order valence-corrected chi connectivity index (χ1v) is 9.19. The van der Waals surface area contributed by atoms with E-state index in [4.69, 9.17) is 0 Å². The molecule has 0 unspecified atom stereocenters. The molecule has 0 fully saturated rings. The SMILES string of the molecule is CC.Cc1cc(Br)c2nc(-c3cc4cc(F)ccc4[nH]3)n(C)c(=O)c2c1. The number of aryl methyl sites for hydroxylation is 1. The van der Waals surface area contributed by atoms with Crippen molar-refractivity contribution < 1.29 is 4.39 Å². The van der Waals surface area contributed by atoms with Crippen LogP contribution in [0.1, 0.15) is 19.4 Å². The molecule has 26 heavy (non-hydrogen) atoms. The second-order valence-electron chi connectivity index (χ2n) is 5.86. The third-order valence-corrected chi connectivity index (χ3v) is 4.71. The van der Waals surface area contributed by atoms with Crippen molar-refractivity contribution >= 4 is 37.7 Å². The minimum Gasteiger partial charge on any atom is -0.352 e. The highest BCUT2D eigenvalue weighted by atomic mass is 79.9. The minimum atomic E-state index is -0.299. The lowest BCUT2D eigenvalue weighted by atomic mass is 10.1. The maximum absolute atomic E-state index is 13.4. The fourth-order valence-corrected chi connectivity index (χ4v) is 3.60. The molecule has 6 heteroatoms. The number of hydrogen-bond acceptors (Lipinski definition) is 2. The molecule has 0 saturated heterocycles. The Labute approximate surface area is 158 Å². The summed E-state index contributed by atoms with van der Waals surface area (Å²) >= 11 is 3.49. The summed E-state index contributed by atoms with van der Waals surface area (Å²) in [6.45, 7) is 5.93. The molecule has 4 rings (SSSR count). The van der Waals surface area contributed by atoms with Gasteiger partial charge in [-0.25, -0.2) is 9.37 Å². The van der Waals surface area contributed by atoms with Crippen LogP contribution in [0, 0.1) is 12.7 Å². The largest absolute Gasteiger partial charge is 0.352 e. The van der Waals surface area contributed by atoms with Crippen LogP contribution >= 0.6 is 15.9 Å². The van der Waals surface area contributed by atoms with Crippen molar-refractivity contribution in [2.45, 2.75) is 20.8 Å². The molecular weight excluding hydrogens is 397 g/mol. The van der Waals surface area contributed by atoms with Crippen LogP contribution in [0.3, 0.4) is 0 Å². The van der Waals surface area contributed by atoms with Crippen LogP contribution in [0.4, 0.5) is 4.39 Å². The minimum absolute atomic E-state index is 0.121. The summed E-state index contributed by atoms with van der Waals surface area (Å²) in [4.78, 5) is 20.6. The van der Waals surface area contributed by atoms with Gasteiger partial charge in [-0.3, -0.25) is 9.36 Å². The molecule has 2 aromatic heterocycles. The first-order chi connectivity index (χ1) is 12.4. The number of aromatic amines is 1. The Hall–Kier alpha value is -2.47. The molecule has 2 aromatic carbocycles. The molecule has 0 bridgehead atoms. The third-order valence-electron chi connectivity index (χ3n) is 4.10. The van der Waals surface area contributed by atoms with Crippen LogP contribution in [0.25, 0.3) is 33.3 Å². The van der Waals surface area contributed by atoms with E-state index < -0.39 is 0 Å². The second kappa shape index (κ2) is 7.03. The summed E-state index contributed by atoms with van der Waals surface area (Å²) in [6.07, 6.45) is 0. The van der Waals surface area contributed by atoms with E-state index in [1.165, 1.54) is 16.7 Å². The molecule has 0 radical (unpaired) electrons. The molecule has 0 aliphatic rings. The summed E-state index contributed by atoms with van der Waals surface area (Å²) < 4.78 is 15.7. The van der Waals surface area contributed by atoms with Crippen molar-refractivity contribution in [3.8, 4) is 11.5 Å². The Balaban J connectivity index is 0.000000948. The number of fused-ring (bicyclic) bond motifs is 2. The van der Waals surface area contributed by atoms with E-state index in [0.717, 1.165) is 20.9 Å². The highest BCUT2D eigenvalue weighted by Gasteiger charge is 2.14. The Kier molecular flexibility index (Phi) is 4.96. The van der Waals surface area contributed by atoms with Gasteiger partial charge >= 0.3 is 0 Å². The first-order valence-electron chi connectivity index (χ1n) is 8.39. The van der Waals surface area contributed by atoms with Gasteiger partial charge in [0.05, 0.1) is 16.6 Å². The number of nitrogens with one attached hydrogen (secondary N) is 1. The van der Waals surface area contributed by atoms with Crippen molar-refractivity contribution in [3.05, 3.63) is 62.6 Å². The van der Waals surface area contributed by atoms with E-state index in [1.54, 1.807) is 19.2 Å². The number of hydrogen-bond donors (Lipinski definition) is 1. The zero-order chi connectivity index (χ0) is 19.0. The van der Waals surface area contributed by atoms with Crippen LogP contribution in [0.2, 0.25) is 0 Å². The van der Waals surface area contributed by atoms with Gasteiger partial charge in [-0.2, -0.15) is 0 Å². The van der Waals surface area contributed by atoms with Crippen molar-refractivity contribution in [1.82, 2.24) is 14.5 Å². The molecule has 4 aromatic rings. The molecule has 0 saturated carbocycles. The van der Waals surface area contributed by atoms with Crippen LogP contribution in [0.15, 0.2) is 45.7 Å². The number of rotatable bonds is 1. The Morgan fingerprint density at radius 3 is 2.62 bits per heavy atom. The van der Waals surface area contributed by atoms with Crippen molar-refractivity contribution in [3.63, 3.8) is 0 Å². The predicted octanol–water partition coefficient (Wildman–Crippen LogP) is 5.32. The second-order valence-corrected chi connectivity index (χ2v) is 6.71. The van der Waals surface area contributed by atoms with Crippen LogP contribution in [-0.4, -0.2) is 14.5 Å². The zero-order valence-electron chi connectivity index (χ0n) is 15.0. The summed E-state index contributed by atoms with van der Waals surface area (Å²) in [5, 5.41) is 1.30. The molecule has 0 aliphatic carbocycles. The first kappa shape index (κ1) is 18.3. The van der Waals surface area contributed by atoms with Gasteiger partial charge in [0.15, 0.2) is 5.82 Å².